The van der Waals surface area contributed by atoms with Crippen LogP contribution < -0.4 is 0 Å². The molecule has 1 aromatic carbocycles. The summed E-state index contributed by atoms with van der Waals surface area (Å²) in [5.41, 5.74) is -0.440. The number of rotatable bonds is 8. The number of nitro benzene ring substituents is 1. The van der Waals surface area contributed by atoms with Crippen molar-refractivity contribution < 1.29 is 29.5 Å². The lowest BCUT2D eigenvalue weighted by Gasteiger charge is -2.55. The highest BCUT2D eigenvalue weighted by Gasteiger charge is 2.71. The molecular formula is C25H24N4O7S2. The molecule has 3 aromatic rings. The van der Waals surface area contributed by atoms with E-state index < -0.39 is 40.3 Å². The Hall–Kier alpha value is -3.55. The molecule has 4 heterocycles. The van der Waals surface area contributed by atoms with E-state index in [1.165, 1.54) is 54.0 Å². The average Bonchev–Trinajstić information content (AvgIpc) is 3.50. The van der Waals surface area contributed by atoms with Crippen LogP contribution in [0.4, 0.5) is 5.69 Å². The van der Waals surface area contributed by atoms with Crippen molar-refractivity contribution in [1.29, 1.82) is 0 Å². The van der Waals surface area contributed by atoms with Gasteiger partial charge in [-0.3, -0.25) is 29.0 Å². The number of hydrogen-bond acceptors (Lipinski definition) is 9. The van der Waals surface area contributed by atoms with Crippen molar-refractivity contribution >= 4 is 51.3 Å². The van der Waals surface area contributed by atoms with Gasteiger partial charge in [0.05, 0.1) is 17.1 Å². The van der Waals surface area contributed by atoms with Crippen molar-refractivity contribution in [3.8, 4) is 0 Å². The highest BCUT2D eigenvalue weighted by molar-refractivity contribution is 7.98. The Morgan fingerprint density at radius 3 is 2.50 bits per heavy atom. The molecule has 38 heavy (non-hydrogen) atoms. The lowest BCUT2D eigenvalue weighted by Crippen LogP contribution is -2.74. The number of fused-ring (bicyclic) bond motifs is 2. The van der Waals surface area contributed by atoms with Crippen LogP contribution in [0.15, 0.2) is 46.8 Å². The van der Waals surface area contributed by atoms with Crippen LogP contribution in [0.5, 0.6) is 0 Å². The molecule has 0 saturated carbocycles. The van der Waals surface area contributed by atoms with E-state index in [1.807, 2.05) is 13.2 Å². The molecule has 0 aliphatic carbocycles. The van der Waals surface area contributed by atoms with Gasteiger partial charge in [-0.25, -0.2) is 9.78 Å². The summed E-state index contributed by atoms with van der Waals surface area (Å²) in [6.45, 7) is 4.75. The van der Waals surface area contributed by atoms with Crippen molar-refractivity contribution in [2.45, 2.75) is 49.8 Å². The van der Waals surface area contributed by atoms with Gasteiger partial charge in [0.2, 0.25) is 5.91 Å². The zero-order chi connectivity index (χ0) is 27.7. The number of nitrogens with zero attached hydrogens (tertiary/aromatic N) is 4. The molecule has 2 aliphatic heterocycles. The maximum atomic E-state index is 13.9. The monoisotopic (exact) mass is 556 g/mol. The smallest absolute Gasteiger partial charge is 0.352 e. The number of carboxylic acids is 1. The highest BCUT2D eigenvalue weighted by atomic mass is 32.2. The number of aliphatic hydroxyl groups excluding tert-OH is 1. The van der Waals surface area contributed by atoms with Crippen molar-refractivity contribution in [3.63, 3.8) is 0 Å². The van der Waals surface area contributed by atoms with Gasteiger partial charge >= 0.3 is 5.97 Å². The van der Waals surface area contributed by atoms with E-state index in [-0.39, 0.29) is 29.4 Å². The number of Topliss-reactive ketones (excluding diaryl/α,β-unsaturated/α-hetero) is 1. The van der Waals surface area contributed by atoms with Gasteiger partial charge in [0, 0.05) is 36.0 Å². The van der Waals surface area contributed by atoms with Crippen LogP contribution in [-0.2, 0) is 21.4 Å². The van der Waals surface area contributed by atoms with Crippen LogP contribution in [0, 0.1) is 16.0 Å². The van der Waals surface area contributed by atoms with E-state index in [0.29, 0.717) is 25.9 Å². The predicted octanol–water partition coefficient (Wildman–Crippen LogP) is 3.29. The lowest BCUT2D eigenvalue weighted by atomic mass is 9.63. The molecule has 1 fully saturated rings. The fraction of sp³-hybridized carbons (Fsp3) is 0.360. The standard InChI is InChI=1S/C25H24N4O7S2/c1-11-16(9-14-5-7-15(8-6-14)29(35)36)18(23(32)33)28-19(11)25(13(3)31,24(28)34)17-10-27-20(12(2)30)26-21(37-4)22(27)38-17/h5-8,10-11,13,19,31H,9H2,1-4H3,(H,32,33)/t11-,13+,19+,25+/m0/s1. The van der Waals surface area contributed by atoms with Gasteiger partial charge in [-0.1, -0.05) is 19.1 Å². The third-order valence-corrected chi connectivity index (χ3v) is 9.54. The van der Waals surface area contributed by atoms with Gasteiger partial charge < -0.3 is 10.2 Å². The van der Waals surface area contributed by atoms with E-state index in [2.05, 4.69) is 4.98 Å². The number of thioether (sulfide) groups is 1. The summed E-state index contributed by atoms with van der Waals surface area (Å²) in [5, 5.41) is 32.8. The predicted molar refractivity (Wildman–Crippen MR) is 139 cm³/mol. The second-order valence-electron chi connectivity index (χ2n) is 9.50. The fourth-order valence-electron chi connectivity index (χ4n) is 5.76. The number of carbonyl (C=O) groups is 3. The van der Waals surface area contributed by atoms with Crippen molar-refractivity contribution in [2.24, 2.45) is 5.92 Å². The average molecular weight is 557 g/mol. The number of non-ortho nitro benzene ring substituents is 1. The first-order chi connectivity index (χ1) is 17.9. The number of benzene rings is 1. The summed E-state index contributed by atoms with van der Waals surface area (Å²) >= 11 is 2.63. The first-order valence-corrected chi connectivity index (χ1v) is 13.8. The maximum Gasteiger partial charge on any atom is 0.352 e. The lowest BCUT2D eigenvalue weighted by molar-refractivity contribution is -0.384. The third kappa shape index (κ3) is 3.45. The molecule has 0 spiro atoms. The molecule has 198 valence electrons. The Balaban J connectivity index is 1.60. The number of carboxylic acid groups (broad SMARTS) is 1. The quantitative estimate of drug-likeness (QED) is 0.140. The molecule has 0 radical (unpaired) electrons. The van der Waals surface area contributed by atoms with Crippen LogP contribution >= 0.6 is 23.1 Å². The molecule has 2 N–H and O–H groups in total. The summed E-state index contributed by atoms with van der Waals surface area (Å²) in [4.78, 5) is 55.9. The summed E-state index contributed by atoms with van der Waals surface area (Å²) in [7, 11) is 0. The summed E-state index contributed by atoms with van der Waals surface area (Å²) < 4.78 is 1.64. The number of carbonyl (C=O) groups excluding carboxylic acids is 2. The normalized spacial score (nSPS) is 23.5. The number of amides is 1. The van der Waals surface area contributed by atoms with E-state index in [9.17, 15) is 34.7 Å². The van der Waals surface area contributed by atoms with Gasteiger partial charge in [0.25, 0.3) is 5.69 Å². The second kappa shape index (κ2) is 9.03. The first kappa shape index (κ1) is 26.1. The van der Waals surface area contributed by atoms with Crippen molar-refractivity contribution in [1.82, 2.24) is 14.3 Å². The molecule has 4 atom stereocenters. The molecule has 0 unspecified atom stereocenters. The van der Waals surface area contributed by atoms with Gasteiger partial charge in [-0.05, 0) is 30.7 Å². The van der Waals surface area contributed by atoms with Crippen LogP contribution in [0.3, 0.4) is 0 Å². The minimum Gasteiger partial charge on any atom is -0.477 e. The summed E-state index contributed by atoms with van der Waals surface area (Å²) in [6.07, 6.45) is 2.52. The molecule has 1 saturated heterocycles. The largest absolute Gasteiger partial charge is 0.477 e. The van der Waals surface area contributed by atoms with E-state index in [4.69, 9.17) is 0 Å². The maximum absolute atomic E-state index is 13.9. The molecule has 13 heteroatoms. The van der Waals surface area contributed by atoms with Crippen LogP contribution in [0.2, 0.25) is 0 Å². The van der Waals surface area contributed by atoms with Crippen molar-refractivity contribution in [3.05, 3.63) is 68.1 Å². The zero-order valence-corrected chi connectivity index (χ0v) is 22.5. The Bertz CT molecular complexity index is 1560. The Morgan fingerprint density at radius 1 is 1.32 bits per heavy atom. The number of ketones is 1. The minimum atomic E-state index is -1.41. The number of β-lactam (4-membered cyclic amide) rings is 1. The number of nitro groups is 1. The molecule has 11 nitrogen and oxygen atoms in total. The van der Waals surface area contributed by atoms with Gasteiger partial charge in [0.1, 0.15) is 21.0 Å². The molecule has 1 amide bonds. The fourth-order valence-corrected chi connectivity index (χ4v) is 7.87. The molecule has 2 aliphatic rings. The van der Waals surface area contributed by atoms with Crippen LogP contribution in [0.25, 0.3) is 4.83 Å². The van der Waals surface area contributed by atoms with Crippen LogP contribution in [-0.4, -0.2) is 65.5 Å². The van der Waals surface area contributed by atoms with E-state index in [0.717, 1.165) is 0 Å². The number of aliphatic carboxylic acids is 1. The summed E-state index contributed by atoms with van der Waals surface area (Å²) in [6, 6.07) is 5.19. The molecule has 2 aromatic heterocycles. The van der Waals surface area contributed by atoms with E-state index in [1.54, 1.807) is 22.7 Å². The van der Waals surface area contributed by atoms with Gasteiger partial charge in [-0.2, -0.15) is 0 Å². The van der Waals surface area contributed by atoms with Gasteiger partial charge in [0.15, 0.2) is 11.6 Å². The molecule has 0 bridgehead atoms. The highest BCUT2D eigenvalue weighted by Crippen LogP contribution is 2.57. The first-order valence-electron chi connectivity index (χ1n) is 11.7. The summed E-state index contributed by atoms with van der Waals surface area (Å²) in [5.74, 6) is -2.23. The van der Waals surface area contributed by atoms with Crippen LogP contribution in [0.1, 0.15) is 41.8 Å². The number of aliphatic hydroxyl groups is 1. The number of imidazole rings is 1. The molecular weight excluding hydrogens is 532 g/mol. The Kier molecular flexibility index (Phi) is 6.20. The number of thiazole rings is 1. The Morgan fingerprint density at radius 2 is 1.97 bits per heavy atom. The molecule has 5 rings (SSSR count). The van der Waals surface area contributed by atoms with E-state index >= 15 is 0 Å². The van der Waals surface area contributed by atoms with Crippen molar-refractivity contribution in [2.75, 3.05) is 6.26 Å². The van der Waals surface area contributed by atoms with Gasteiger partial charge in [-0.15, -0.1) is 23.1 Å². The number of hydrogen-bond donors (Lipinski definition) is 2. The second-order valence-corrected chi connectivity index (χ2v) is 11.3. The third-order valence-electron chi connectivity index (χ3n) is 7.50. The minimum absolute atomic E-state index is 0.0779. The SMILES string of the molecule is CSc1nc(C(C)=O)n2cc([C@@]3([C@@H](C)O)C(=O)N4C(C(=O)O)=C(Cc5ccc([N+](=O)[O-])cc5)[C@H](C)[C@@H]43)sc12. The zero-order valence-electron chi connectivity index (χ0n) is 20.9. The Labute approximate surface area is 224 Å². The topological polar surface area (TPSA) is 155 Å². The number of aromatic nitrogens is 2.